The van der Waals surface area contributed by atoms with Crippen LogP contribution in [0.25, 0.3) is 22.0 Å². The molecule has 0 aliphatic heterocycles. The molecule has 0 bridgehead atoms. The first kappa shape index (κ1) is 16.5. The number of nitriles is 1. The maximum Gasteiger partial charge on any atom is 0.275 e. The summed E-state index contributed by atoms with van der Waals surface area (Å²) in [6.07, 6.45) is 6.27. The lowest BCUT2D eigenvalue weighted by Gasteiger charge is -2.10. The molecule has 5 heteroatoms. The molecule has 0 aliphatic rings. The minimum atomic E-state index is -0.0880. The molecule has 0 fully saturated rings. The van der Waals surface area contributed by atoms with Crippen LogP contribution in [-0.4, -0.2) is 15.8 Å². The largest absolute Gasteiger partial charge is 0.354 e. The monoisotopic (exact) mass is 331 g/mol. The number of H-pyrrole nitrogens is 1. The number of nitrogens with zero attached hydrogens (tertiary/aromatic N) is 2. The number of carbonyl (C=O) groups excluding carboxylic acids is 1. The van der Waals surface area contributed by atoms with Crippen LogP contribution in [0.5, 0.6) is 0 Å². The number of allylic oxidation sites excluding steroid dienone is 2. The Morgan fingerprint density at radius 2 is 2.12 bits per heavy atom. The zero-order chi connectivity index (χ0) is 18.0. The maximum atomic E-state index is 12.7. The molecule has 3 aromatic rings. The predicted octanol–water partition coefficient (Wildman–Crippen LogP) is 3.57. The van der Waals surface area contributed by atoms with Crippen LogP contribution < -0.4 is 5.56 Å². The van der Waals surface area contributed by atoms with Crippen LogP contribution in [0.3, 0.4) is 0 Å². The van der Waals surface area contributed by atoms with Crippen molar-refractivity contribution in [3.63, 3.8) is 0 Å². The van der Waals surface area contributed by atoms with Crippen LogP contribution in [0.1, 0.15) is 28.5 Å². The van der Waals surface area contributed by atoms with Crippen molar-refractivity contribution in [2.24, 2.45) is 0 Å². The standard InChI is InChI=1S/C20H17N3O2/c1-3-4-7-23-11-18(17-8-13(2)22-19(17)20(23)25)14-5-6-15(12-24)16(9-14)10-21/h3-6,8-9,11-12,22H,7H2,1-2H3/b4-3+. The van der Waals surface area contributed by atoms with Gasteiger partial charge >= 0.3 is 0 Å². The van der Waals surface area contributed by atoms with E-state index in [0.717, 1.165) is 22.2 Å². The number of hydrogen-bond acceptors (Lipinski definition) is 3. The molecule has 2 heterocycles. The van der Waals surface area contributed by atoms with Crippen LogP contribution in [0, 0.1) is 18.3 Å². The molecular weight excluding hydrogens is 314 g/mol. The van der Waals surface area contributed by atoms with Crippen molar-refractivity contribution in [3.05, 3.63) is 69.8 Å². The van der Waals surface area contributed by atoms with E-state index in [1.807, 2.05) is 32.1 Å². The molecule has 0 saturated carbocycles. The normalized spacial score (nSPS) is 11.1. The Kier molecular flexibility index (Phi) is 4.36. The molecule has 1 N–H and O–H groups in total. The molecule has 2 aromatic heterocycles. The number of nitrogens with one attached hydrogen (secondary N) is 1. The highest BCUT2D eigenvalue weighted by Gasteiger charge is 2.14. The fourth-order valence-corrected chi connectivity index (χ4v) is 2.91. The fourth-order valence-electron chi connectivity index (χ4n) is 2.91. The number of pyridine rings is 1. The Labute approximate surface area is 144 Å². The molecule has 0 amide bonds. The number of benzene rings is 1. The zero-order valence-electron chi connectivity index (χ0n) is 14.0. The van der Waals surface area contributed by atoms with Gasteiger partial charge in [0.2, 0.25) is 0 Å². The third kappa shape index (κ3) is 2.90. The highest BCUT2D eigenvalue weighted by molar-refractivity contribution is 5.95. The number of aromatic amines is 1. The van der Waals surface area contributed by atoms with Gasteiger partial charge in [-0.2, -0.15) is 5.26 Å². The number of aldehydes is 1. The average Bonchev–Trinajstić information content (AvgIpc) is 3.02. The number of fused-ring (bicyclic) bond motifs is 1. The second-order valence-electron chi connectivity index (χ2n) is 5.84. The molecule has 0 spiro atoms. The van der Waals surface area contributed by atoms with E-state index < -0.39 is 0 Å². The molecular formula is C20H17N3O2. The minimum absolute atomic E-state index is 0.0880. The van der Waals surface area contributed by atoms with Gasteiger partial charge in [0.15, 0.2) is 6.29 Å². The van der Waals surface area contributed by atoms with E-state index in [1.54, 1.807) is 29.0 Å². The van der Waals surface area contributed by atoms with Gasteiger partial charge in [-0.1, -0.05) is 18.2 Å². The van der Waals surface area contributed by atoms with Gasteiger partial charge in [-0.25, -0.2) is 0 Å². The van der Waals surface area contributed by atoms with Crippen LogP contribution in [-0.2, 0) is 6.54 Å². The SMILES string of the molecule is C/C=C/Cn1cc(-c2ccc(C=O)c(C#N)c2)c2cc(C)[nH]c2c1=O. The lowest BCUT2D eigenvalue weighted by atomic mass is 9.99. The van der Waals surface area contributed by atoms with Crippen molar-refractivity contribution in [1.82, 2.24) is 9.55 Å². The van der Waals surface area contributed by atoms with Crippen molar-refractivity contribution in [2.75, 3.05) is 0 Å². The molecule has 0 unspecified atom stereocenters. The first-order valence-corrected chi connectivity index (χ1v) is 7.92. The van der Waals surface area contributed by atoms with Crippen molar-refractivity contribution in [1.29, 1.82) is 5.26 Å². The lowest BCUT2D eigenvalue weighted by Crippen LogP contribution is -2.19. The molecule has 124 valence electrons. The summed E-state index contributed by atoms with van der Waals surface area (Å²) in [6.45, 7) is 4.27. The number of hydrogen-bond donors (Lipinski definition) is 1. The first-order valence-electron chi connectivity index (χ1n) is 7.92. The summed E-state index contributed by atoms with van der Waals surface area (Å²) in [5, 5.41) is 10.1. The van der Waals surface area contributed by atoms with Gasteiger partial charge in [0.1, 0.15) is 5.52 Å². The van der Waals surface area contributed by atoms with E-state index in [2.05, 4.69) is 11.1 Å². The smallest absolute Gasteiger partial charge is 0.275 e. The van der Waals surface area contributed by atoms with Gasteiger partial charge in [-0.15, -0.1) is 0 Å². The Hall–Kier alpha value is -3.39. The molecule has 5 nitrogen and oxygen atoms in total. The molecule has 0 aliphatic carbocycles. The van der Waals surface area contributed by atoms with E-state index in [9.17, 15) is 14.9 Å². The Morgan fingerprint density at radius 1 is 1.32 bits per heavy atom. The number of aromatic nitrogens is 2. The van der Waals surface area contributed by atoms with Gasteiger partial charge in [0, 0.05) is 34.9 Å². The number of rotatable bonds is 4. The van der Waals surface area contributed by atoms with Gasteiger partial charge < -0.3 is 9.55 Å². The maximum absolute atomic E-state index is 12.7. The van der Waals surface area contributed by atoms with E-state index in [0.29, 0.717) is 29.5 Å². The third-order valence-corrected chi connectivity index (χ3v) is 4.15. The Bertz CT molecular complexity index is 1090. The highest BCUT2D eigenvalue weighted by Crippen LogP contribution is 2.29. The van der Waals surface area contributed by atoms with E-state index in [1.165, 1.54) is 0 Å². The van der Waals surface area contributed by atoms with E-state index >= 15 is 0 Å². The van der Waals surface area contributed by atoms with Gasteiger partial charge in [0.05, 0.1) is 11.6 Å². The van der Waals surface area contributed by atoms with Crippen molar-refractivity contribution >= 4 is 17.2 Å². The van der Waals surface area contributed by atoms with Crippen LogP contribution >= 0.6 is 0 Å². The quantitative estimate of drug-likeness (QED) is 0.586. The van der Waals surface area contributed by atoms with Gasteiger partial charge in [0.25, 0.3) is 5.56 Å². The van der Waals surface area contributed by atoms with Crippen LogP contribution in [0.15, 0.2) is 47.4 Å². The van der Waals surface area contributed by atoms with Crippen molar-refractivity contribution in [3.8, 4) is 17.2 Å². The summed E-state index contributed by atoms with van der Waals surface area (Å²) in [5.74, 6) is 0. The molecule has 1 aromatic carbocycles. The number of carbonyl (C=O) groups is 1. The summed E-state index contributed by atoms with van der Waals surface area (Å²) >= 11 is 0. The number of aryl methyl sites for hydroxylation is 1. The molecule has 25 heavy (non-hydrogen) atoms. The van der Waals surface area contributed by atoms with Crippen molar-refractivity contribution < 1.29 is 4.79 Å². The second-order valence-corrected chi connectivity index (χ2v) is 5.84. The second kappa shape index (κ2) is 6.62. The summed E-state index contributed by atoms with van der Waals surface area (Å²) < 4.78 is 1.63. The van der Waals surface area contributed by atoms with E-state index in [4.69, 9.17) is 0 Å². The van der Waals surface area contributed by atoms with Crippen LogP contribution in [0.2, 0.25) is 0 Å². The van der Waals surface area contributed by atoms with Crippen molar-refractivity contribution in [2.45, 2.75) is 20.4 Å². The molecule has 0 radical (unpaired) electrons. The average molecular weight is 331 g/mol. The third-order valence-electron chi connectivity index (χ3n) is 4.15. The van der Waals surface area contributed by atoms with Crippen LogP contribution in [0.4, 0.5) is 0 Å². The lowest BCUT2D eigenvalue weighted by molar-refractivity contribution is 0.112. The molecule has 0 atom stereocenters. The van der Waals surface area contributed by atoms with Gasteiger partial charge in [-0.05, 0) is 37.6 Å². The molecule has 3 rings (SSSR count). The Morgan fingerprint density at radius 3 is 2.80 bits per heavy atom. The molecule has 0 saturated heterocycles. The zero-order valence-corrected chi connectivity index (χ0v) is 14.0. The highest BCUT2D eigenvalue weighted by atomic mass is 16.1. The first-order chi connectivity index (χ1) is 12.1. The summed E-state index contributed by atoms with van der Waals surface area (Å²) in [5.41, 5.74) is 3.65. The van der Waals surface area contributed by atoms with E-state index in [-0.39, 0.29) is 5.56 Å². The summed E-state index contributed by atoms with van der Waals surface area (Å²) in [6, 6.07) is 9.09. The topological polar surface area (TPSA) is 78.7 Å². The predicted molar refractivity (Wildman–Crippen MR) is 97.6 cm³/mol. The fraction of sp³-hybridized carbons (Fsp3) is 0.150. The minimum Gasteiger partial charge on any atom is -0.354 e. The Balaban J connectivity index is 2.32. The summed E-state index contributed by atoms with van der Waals surface area (Å²) in [4.78, 5) is 26.8. The summed E-state index contributed by atoms with van der Waals surface area (Å²) in [7, 11) is 0. The van der Waals surface area contributed by atoms with Gasteiger partial charge in [-0.3, -0.25) is 9.59 Å².